The summed E-state index contributed by atoms with van der Waals surface area (Å²) in [5, 5.41) is 63.6. The van der Waals surface area contributed by atoms with Crippen molar-refractivity contribution in [1.82, 2.24) is 5.32 Å². The van der Waals surface area contributed by atoms with Crippen molar-refractivity contribution in [1.29, 1.82) is 0 Å². The third-order valence-electron chi connectivity index (χ3n) is 15.8. The number of amides is 1. The van der Waals surface area contributed by atoms with E-state index in [2.05, 4.69) is 147 Å². The Hall–Kier alpha value is -3.49. The summed E-state index contributed by atoms with van der Waals surface area (Å²) in [6, 6.07) is -1.82. The fourth-order valence-corrected chi connectivity index (χ4v) is 12.1. The zero-order valence-electron chi connectivity index (χ0n) is 56.0. The third kappa shape index (κ3) is 35.9. The standard InChI is InChI=1S/C69H115NO17P2/c1-48(2)24-14-25-49(3)26-15-27-50(4)28-16-29-51(5)30-17-31-52(6)32-18-33-53(7)34-19-35-54(8)36-20-37-55(9)38-21-39-56(10)40-22-41-57(11)42-23-43-58(12)44-45-82-88(78,79)87-89(80,81)86-68-62(70-59(13)73)67(64(75)61(47-72)83-68)85-69-66(77)65(76)63(74)60(46-71)84-69/h24,26,28,30,32,34,36,38,40,42,44,60-69,71-72,74-77H,14-23,25,27,29,31,33,35,37,39,41,43,45-47H2,1-13H3,(H,70,73)(H,78,79)(H,80,81)/p-2/b49-26+,50-28+,51-30-,52-32-,53-34-,54-36-,55-38-,56-40-,57-42-,58-44-/t60-,61-,62-,63+,64-,65+,66-,67-,68-,69-/m1/s1. The Labute approximate surface area is 534 Å². The SMILES string of the molecule is CC(=O)N[C@H]1[C@@H](OP(=O)([O-])OP(=O)([O-])OC/C=C(/C)CC/C=C(/C)CC/C=C(/C)CC/C=C(/C)CC/C=C(/C)CC/C=C(/C)CC/C=C(/C)CC/C=C(/C)CC/C=C(\C)CC/C=C(\C)CCC=C(C)C)O[C@H](CO)[C@@H](O)[C@@H]1O[C@H]1O[C@H](CO)[C@H](O)[C@H](O)[C@H]1O. The van der Waals surface area contributed by atoms with Crippen molar-refractivity contribution in [2.45, 2.75) is 280 Å². The van der Waals surface area contributed by atoms with Crippen molar-refractivity contribution in [3.63, 3.8) is 0 Å². The molecule has 2 aliphatic rings. The number of hydrogen-bond donors (Lipinski definition) is 7. The molecule has 2 saturated heterocycles. The second-order valence-electron chi connectivity index (χ2n) is 24.8. The maximum atomic E-state index is 13.0. The Morgan fingerprint density at radius 2 is 0.730 bits per heavy atom. The van der Waals surface area contributed by atoms with E-state index in [0.29, 0.717) is 12.8 Å². The predicted molar refractivity (Wildman–Crippen MR) is 351 cm³/mol. The van der Waals surface area contributed by atoms with Gasteiger partial charge in [0.05, 0.1) is 19.8 Å². The Balaban J connectivity index is 1.70. The number of allylic oxidation sites excluding steroid dienone is 21. The van der Waals surface area contributed by atoms with Gasteiger partial charge in [0, 0.05) is 6.92 Å². The highest BCUT2D eigenvalue weighted by atomic mass is 31.3. The summed E-state index contributed by atoms with van der Waals surface area (Å²) in [6.07, 6.45) is 29.0. The molecule has 508 valence electrons. The van der Waals surface area contributed by atoms with Crippen LogP contribution in [-0.4, -0.2) is 118 Å². The lowest BCUT2D eigenvalue weighted by Crippen LogP contribution is -2.68. The van der Waals surface area contributed by atoms with Crippen LogP contribution in [0.5, 0.6) is 0 Å². The number of carbonyl (C=O) groups excluding carboxylic acids is 1. The van der Waals surface area contributed by atoms with Crippen LogP contribution in [0.2, 0.25) is 0 Å². The number of aliphatic hydroxyl groups is 6. The molecule has 2 aliphatic heterocycles. The first-order valence-electron chi connectivity index (χ1n) is 32.0. The van der Waals surface area contributed by atoms with Gasteiger partial charge in [-0.1, -0.05) is 128 Å². The van der Waals surface area contributed by atoms with Crippen LogP contribution in [0.4, 0.5) is 0 Å². The molecule has 1 amide bonds. The number of phosphoric acid groups is 2. The molecule has 0 aromatic heterocycles. The molecule has 0 aromatic carbocycles. The Kier molecular flexibility index (Phi) is 40.5. The van der Waals surface area contributed by atoms with E-state index in [9.17, 15) is 54.4 Å². The molecule has 2 unspecified atom stereocenters. The Morgan fingerprint density at radius 1 is 0.427 bits per heavy atom. The fraction of sp³-hybridized carbons (Fsp3) is 0.667. The van der Waals surface area contributed by atoms with E-state index in [1.54, 1.807) is 6.92 Å². The van der Waals surface area contributed by atoms with Gasteiger partial charge >= 0.3 is 0 Å². The monoisotopic (exact) mass is 1290 g/mol. The molecule has 0 bridgehead atoms. The highest BCUT2D eigenvalue weighted by molar-refractivity contribution is 7.59. The van der Waals surface area contributed by atoms with Crippen LogP contribution < -0.4 is 15.1 Å². The van der Waals surface area contributed by atoms with Gasteiger partial charge in [0.25, 0.3) is 15.6 Å². The molecule has 12 atom stereocenters. The summed E-state index contributed by atoms with van der Waals surface area (Å²) in [5.41, 5.74) is 15.0. The van der Waals surface area contributed by atoms with Gasteiger partial charge in [0.15, 0.2) is 12.6 Å². The van der Waals surface area contributed by atoms with E-state index < -0.39 is 103 Å². The minimum atomic E-state index is -5.95. The first kappa shape index (κ1) is 81.6. The first-order valence-corrected chi connectivity index (χ1v) is 34.9. The van der Waals surface area contributed by atoms with Crippen LogP contribution in [0.15, 0.2) is 128 Å². The van der Waals surface area contributed by atoms with Crippen molar-refractivity contribution in [2.24, 2.45) is 0 Å². The van der Waals surface area contributed by atoms with Gasteiger partial charge in [0.1, 0.15) is 48.8 Å². The van der Waals surface area contributed by atoms with Crippen LogP contribution in [0.1, 0.15) is 218 Å². The first-order chi connectivity index (χ1) is 42.0. The quantitative estimate of drug-likeness (QED) is 0.0221. The van der Waals surface area contributed by atoms with Gasteiger partial charge < -0.3 is 64.5 Å². The minimum absolute atomic E-state index is 0.570. The molecular weight excluding hydrogens is 1180 g/mol. The number of nitrogens with one attached hydrogen (secondary N) is 1. The molecular formula is C69H113NO17P2-2. The molecule has 0 spiro atoms. The Morgan fingerprint density at radius 3 is 1.04 bits per heavy atom. The topological polar surface area (TPSA) is 286 Å². The lowest BCUT2D eigenvalue weighted by molar-refractivity contribution is -0.343. The van der Waals surface area contributed by atoms with E-state index in [4.69, 9.17) is 23.3 Å². The number of carbonyl (C=O) groups is 1. The normalized spacial score (nSPS) is 25.7. The molecule has 0 radical (unpaired) electrons. The zero-order valence-corrected chi connectivity index (χ0v) is 57.7. The molecule has 18 nitrogen and oxygen atoms in total. The summed E-state index contributed by atoms with van der Waals surface area (Å²) < 4.78 is 55.9. The molecule has 2 heterocycles. The van der Waals surface area contributed by atoms with E-state index in [0.717, 1.165) is 128 Å². The number of aliphatic hydroxyl groups excluding tert-OH is 6. The number of phosphoric ester groups is 2. The zero-order chi connectivity index (χ0) is 66.7. The highest BCUT2D eigenvalue weighted by Gasteiger charge is 2.52. The lowest BCUT2D eigenvalue weighted by Gasteiger charge is -2.48. The van der Waals surface area contributed by atoms with Gasteiger partial charge in [-0.25, -0.2) is 4.31 Å². The molecule has 7 N–H and O–H groups in total. The summed E-state index contributed by atoms with van der Waals surface area (Å²) in [6.45, 7) is 24.7. The Bertz CT molecular complexity index is 2590. The van der Waals surface area contributed by atoms with Crippen molar-refractivity contribution in [3.05, 3.63) is 128 Å². The number of hydrogen-bond acceptors (Lipinski definition) is 17. The molecule has 0 aliphatic carbocycles. The van der Waals surface area contributed by atoms with Crippen molar-refractivity contribution < 1.29 is 81.9 Å². The van der Waals surface area contributed by atoms with Crippen LogP contribution in [0.3, 0.4) is 0 Å². The second-order valence-corrected chi connectivity index (χ2v) is 27.7. The average Bonchev–Trinajstić information content (AvgIpc) is 1.01. The van der Waals surface area contributed by atoms with Crippen molar-refractivity contribution in [3.8, 4) is 0 Å². The highest BCUT2D eigenvalue weighted by Crippen LogP contribution is 2.57. The smallest absolute Gasteiger partial charge is 0.276 e. The molecule has 20 heteroatoms. The third-order valence-corrected chi connectivity index (χ3v) is 18.4. The van der Waals surface area contributed by atoms with Gasteiger partial charge in [0.2, 0.25) is 5.91 Å². The number of ether oxygens (including phenoxy) is 3. The molecule has 2 fully saturated rings. The van der Waals surface area contributed by atoms with Crippen LogP contribution in [0.25, 0.3) is 0 Å². The maximum Gasteiger partial charge on any atom is 0.276 e. The van der Waals surface area contributed by atoms with Gasteiger partial charge in [-0.15, -0.1) is 0 Å². The molecule has 2 rings (SSSR count). The maximum absolute atomic E-state index is 13.0. The van der Waals surface area contributed by atoms with Gasteiger partial charge in [-0.05, 0) is 212 Å². The lowest BCUT2D eigenvalue weighted by atomic mass is 9.95. The van der Waals surface area contributed by atoms with Crippen molar-refractivity contribution in [2.75, 3.05) is 19.8 Å². The largest absolute Gasteiger partial charge is 0.756 e. The summed E-state index contributed by atoms with van der Waals surface area (Å²) in [4.78, 5) is 37.9. The fourth-order valence-electron chi connectivity index (χ4n) is 10.1. The predicted octanol–water partition coefficient (Wildman–Crippen LogP) is 13.0. The summed E-state index contributed by atoms with van der Waals surface area (Å²) in [7, 11) is -11.6. The van der Waals surface area contributed by atoms with Crippen molar-refractivity contribution >= 4 is 21.6 Å². The summed E-state index contributed by atoms with van der Waals surface area (Å²) >= 11 is 0. The molecule has 0 aromatic rings. The van der Waals surface area contributed by atoms with Gasteiger partial charge in [-0.2, -0.15) is 0 Å². The molecule has 89 heavy (non-hydrogen) atoms. The van der Waals surface area contributed by atoms with E-state index in [1.807, 2.05) is 0 Å². The second kappa shape index (κ2) is 44.2. The number of rotatable bonds is 42. The minimum Gasteiger partial charge on any atom is -0.756 e. The average molecular weight is 1290 g/mol. The van der Waals surface area contributed by atoms with E-state index >= 15 is 0 Å². The van der Waals surface area contributed by atoms with Crippen LogP contribution >= 0.6 is 15.6 Å². The van der Waals surface area contributed by atoms with Crippen LogP contribution in [-0.2, 0) is 41.5 Å². The van der Waals surface area contributed by atoms with Gasteiger partial charge in [-0.3, -0.25) is 18.4 Å². The van der Waals surface area contributed by atoms with Crippen LogP contribution in [0, 0.1) is 0 Å². The summed E-state index contributed by atoms with van der Waals surface area (Å²) in [5.74, 6) is -0.853. The van der Waals surface area contributed by atoms with E-state index in [1.165, 1.54) is 61.8 Å². The molecule has 0 saturated carbocycles. The van der Waals surface area contributed by atoms with E-state index in [-0.39, 0.29) is 0 Å².